The van der Waals surface area contributed by atoms with Crippen molar-refractivity contribution >= 4 is 48.4 Å². The van der Waals surface area contributed by atoms with Crippen LogP contribution in [0, 0.1) is 17.8 Å². The number of esters is 6. The summed E-state index contributed by atoms with van der Waals surface area (Å²) in [7, 11) is 7.68. The van der Waals surface area contributed by atoms with E-state index < -0.39 is 145 Å². The molecule has 0 N–H and O–H groups in total. The first-order valence-electron chi connectivity index (χ1n) is 23.2. The van der Waals surface area contributed by atoms with Crippen molar-refractivity contribution in [3.05, 3.63) is 0 Å². The lowest BCUT2D eigenvalue weighted by atomic mass is 9.70. The van der Waals surface area contributed by atoms with E-state index in [1.54, 1.807) is 60.5 Å². The third kappa shape index (κ3) is 17.4. The first-order valence-corrected chi connectivity index (χ1v) is 23.2. The lowest BCUT2D eigenvalue weighted by Crippen LogP contribution is -2.68. The van der Waals surface area contributed by atoms with Crippen molar-refractivity contribution in [1.82, 2.24) is 4.90 Å². The molecule has 21 heteroatoms. The van der Waals surface area contributed by atoms with Crippen LogP contribution in [-0.4, -0.2) is 174 Å². The Morgan fingerprint density at radius 2 is 1.40 bits per heavy atom. The molecule has 0 aromatic heterocycles. The first-order chi connectivity index (χ1) is 31.9. The van der Waals surface area contributed by atoms with Gasteiger partial charge in [-0.3, -0.25) is 33.6 Å². The Morgan fingerprint density at radius 1 is 0.765 bits per heavy atom. The van der Waals surface area contributed by atoms with Crippen molar-refractivity contribution in [2.75, 3.05) is 35.4 Å². The van der Waals surface area contributed by atoms with E-state index in [0.717, 1.165) is 0 Å². The molecule has 0 radical (unpaired) electrons. The van der Waals surface area contributed by atoms with Gasteiger partial charge in [-0.2, -0.15) is 0 Å². The van der Waals surface area contributed by atoms with Crippen molar-refractivity contribution < 1.29 is 95.2 Å². The fourth-order valence-corrected chi connectivity index (χ4v) is 9.32. The number of likely N-dealkylation sites (N-methyl/N-ethyl adjacent to an activating group) is 1. The molecular weight excluding hydrogens is 899 g/mol. The highest BCUT2D eigenvalue weighted by Crippen LogP contribution is 2.44. The van der Waals surface area contributed by atoms with Gasteiger partial charge in [0, 0.05) is 86.0 Å². The highest BCUT2D eigenvalue weighted by atomic mass is 16.7. The number of carbonyl (C=O) groups excluding carboxylic acids is 8. The number of carbonyl (C=O) groups is 8. The first kappa shape index (κ1) is 60.0. The van der Waals surface area contributed by atoms with Crippen LogP contribution in [0.5, 0.6) is 0 Å². The number of aldehydes is 2. The monoisotopic (exact) mass is 976 g/mol. The molecule has 2 aliphatic rings. The Labute approximate surface area is 400 Å². The maximum absolute atomic E-state index is 13.6. The minimum absolute atomic E-state index is 0.0443. The van der Waals surface area contributed by atoms with Crippen LogP contribution < -0.4 is 0 Å². The largest absolute Gasteiger partial charge is 0.462 e. The molecule has 2 rings (SSSR count). The van der Waals surface area contributed by atoms with Crippen molar-refractivity contribution in [3.8, 4) is 0 Å². The number of ether oxygens (including phenoxy) is 12. The van der Waals surface area contributed by atoms with Crippen LogP contribution in [0.4, 0.5) is 0 Å². The Bertz CT molecular complexity index is 1660. The number of nitrogens with zero attached hydrogens (tertiary/aromatic N) is 1. The van der Waals surface area contributed by atoms with Crippen molar-refractivity contribution in [3.63, 3.8) is 0 Å². The van der Waals surface area contributed by atoms with E-state index in [1.807, 2.05) is 0 Å². The second kappa shape index (κ2) is 28.5. The van der Waals surface area contributed by atoms with Gasteiger partial charge in [0.2, 0.25) is 0 Å². The van der Waals surface area contributed by atoms with Gasteiger partial charge in [-0.1, -0.05) is 20.8 Å². The summed E-state index contributed by atoms with van der Waals surface area (Å²) in [6.45, 7) is 15.1. The summed E-state index contributed by atoms with van der Waals surface area (Å²) in [6, 6.07) is -0.865. The van der Waals surface area contributed by atoms with Crippen LogP contribution in [0.1, 0.15) is 114 Å². The molecule has 0 saturated carbocycles. The minimum atomic E-state index is -1.40. The predicted octanol–water partition coefficient (Wildman–Crippen LogP) is 3.45. The van der Waals surface area contributed by atoms with Crippen LogP contribution in [0.15, 0.2) is 0 Å². The standard InChI is InChI=1S/C47H77NO20/c1-16-35(54)65-33(22-37(56)60-26(4)18-19-49)43(59-15)40(32(21-38(57-13)58-14)20-25(3)34(24-50)63-29(7)51)44-45(64-30(8)52)41(48(11)12)42(27(5)62-44)67-39-23-47(10,68-31(9)53)46(28(6)61-39)66-36(55)17-2/h19,24-28,32-34,38-46H,16-18,20-23H2,1-15H3/t25-,26-,27-,28+,32-,33-,34+,39+,40+,41+,42-,43-,44+,45-,46+,47-/m1/s1. The zero-order chi connectivity index (χ0) is 51.6. The zero-order valence-corrected chi connectivity index (χ0v) is 42.5. The van der Waals surface area contributed by atoms with Crippen LogP contribution in [0.3, 0.4) is 0 Å². The SMILES string of the molecule is CCC(=O)O[C@H](CC(=O)O[C@H](C)CC=O)[C@@H](OC)[C@H]([C@@H](CC(OC)OC)C[C@@H](C)[C@H](C=O)OC(C)=O)[C@@H]1O[C@H](C)[C@@H](O[C@H]2C[C@@](C)(OC(C)=O)[C@@H](OC(=O)CC)[C@H](C)O2)[C@H](N(C)C)[C@H]1OC(C)=O. The second-order valence-electron chi connectivity index (χ2n) is 18.0. The number of rotatable bonds is 28. The van der Waals surface area contributed by atoms with Gasteiger partial charge in [0.1, 0.15) is 42.9 Å². The highest BCUT2D eigenvalue weighted by molar-refractivity contribution is 5.73. The average molecular weight is 976 g/mol. The molecule has 390 valence electrons. The molecule has 0 amide bonds. The Morgan fingerprint density at radius 3 is 1.90 bits per heavy atom. The molecule has 16 atom stereocenters. The number of hydrogen-bond donors (Lipinski definition) is 0. The maximum Gasteiger partial charge on any atom is 0.309 e. The van der Waals surface area contributed by atoms with Crippen LogP contribution in [0.25, 0.3) is 0 Å². The molecule has 21 nitrogen and oxygen atoms in total. The van der Waals surface area contributed by atoms with Gasteiger partial charge in [0.15, 0.2) is 36.7 Å². The average Bonchev–Trinajstić information content (AvgIpc) is 3.24. The van der Waals surface area contributed by atoms with Gasteiger partial charge in [-0.05, 0) is 54.1 Å². The van der Waals surface area contributed by atoms with E-state index >= 15 is 0 Å². The predicted molar refractivity (Wildman–Crippen MR) is 238 cm³/mol. The molecule has 0 aromatic rings. The highest BCUT2D eigenvalue weighted by Gasteiger charge is 2.58. The second-order valence-corrected chi connectivity index (χ2v) is 18.0. The van der Waals surface area contributed by atoms with Gasteiger partial charge >= 0.3 is 35.8 Å². The summed E-state index contributed by atoms with van der Waals surface area (Å²) in [5.41, 5.74) is -1.40. The normalized spacial score (nSPS) is 28.1. The summed E-state index contributed by atoms with van der Waals surface area (Å²) >= 11 is 0. The summed E-state index contributed by atoms with van der Waals surface area (Å²) in [6.07, 6.45) is -12.3. The molecule has 0 aliphatic carbocycles. The van der Waals surface area contributed by atoms with Gasteiger partial charge < -0.3 is 66.5 Å². The third-order valence-corrected chi connectivity index (χ3v) is 12.3. The van der Waals surface area contributed by atoms with Crippen LogP contribution in [0.2, 0.25) is 0 Å². The van der Waals surface area contributed by atoms with E-state index in [0.29, 0.717) is 12.6 Å². The molecule has 0 bridgehead atoms. The number of hydrogen-bond acceptors (Lipinski definition) is 21. The summed E-state index contributed by atoms with van der Waals surface area (Å²) in [5, 5.41) is 0. The van der Waals surface area contributed by atoms with Gasteiger partial charge in [0.05, 0.1) is 24.7 Å². The maximum atomic E-state index is 13.6. The van der Waals surface area contributed by atoms with E-state index in [1.165, 1.54) is 49.0 Å². The molecule has 68 heavy (non-hydrogen) atoms. The van der Waals surface area contributed by atoms with Gasteiger partial charge in [-0.25, -0.2) is 0 Å². The van der Waals surface area contributed by atoms with E-state index in [9.17, 15) is 38.4 Å². The quantitative estimate of drug-likeness (QED) is 0.0471. The van der Waals surface area contributed by atoms with E-state index in [-0.39, 0.29) is 38.5 Å². The molecule has 0 aromatic carbocycles. The van der Waals surface area contributed by atoms with E-state index in [2.05, 4.69) is 0 Å². The molecule has 2 saturated heterocycles. The Balaban J connectivity index is 2.98. The lowest BCUT2D eigenvalue weighted by molar-refractivity contribution is -0.320. The topological polar surface area (TPSA) is 251 Å². The third-order valence-electron chi connectivity index (χ3n) is 12.3. The zero-order valence-electron chi connectivity index (χ0n) is 42.5. The Hall–Kier alpha value is -4.12. The van der Waals surface area contributed by atoms with Gasteiger partial charge in [-0.15, -0.1) is 0 Å². The summed E-state index contributed by atoms with van der Waals surface area (Å²) in [4.78, 5) is 103. The fourth-order valence-electron chi connectivity index (χ4n) is 9.32. The van der Waals surface area contributed by atoms with Crippen molar-refractivity contribution in [2.24, 2.45) is 17.8 Å². The van der Waals surface area contributed by atoms with Crippen molar-refractivity contribution in [1.29, 1.82) is 0 Å². The summed E-state index contributed by atoms with van der Waals surface area (Å²) < 4.78 is 72.6. The minimum Gasteiger partial charge on any atom is -0.462 e. The molecule has 2 fully saturated rings. The Kier molecular flexibility index (Phi) is 25.2. The van der Waals surface area contributed by atoms with Crippen molar-refractivity contribution in [2.45, 2.75) is 199 Å². The molecule has 0 unspecified atom stereocenters. The van der Waals surface area contributed by atoms with Gasteiger partial charge in [0.25, 0.3) is 0 Å². The molecule has 2 aliphatic heterocycles. The molecule has 0 spiro atoms. The van der Waals surface area contributed by atoms with E-state index in [4.69, 9.17) is 56.8 Å². The fraction of sp³-hybridized carbons (Fsp3) is 0.830. The summed E-state index contributed by atoms with van der Waals surface area (Å²) in [5.74, 6) is -6.58. The van der Waals surface area contributed by atoms with Crippen LogP contribution >= 0.6 is 0 Å². The number of methoxy groups -OCH3 is 3. The smallest absolute Gasteiger partial charge is 0.309 e. The molecular formula is C47H77NO20. The van der Waals surface area contributed by atoms with Crippen LogP contribution in [-0.2, 0) is 95.2 Å². The lowest BCUT2D eigenvalue weighted by Gasteiger charge is -2.53. The molecule has 2 heterocycles.